The molecule has 0 aliphatic heterocycles. The third kappa shape index (κ3) is 3.92. The molecule has 0 amide bonds. The van der Waals surface area contributed by atoms with Crippen LogP contribution in [0.25, 0.3) is 0 Å². The molecular formula is C23H23NO. The molecule has 1 aliphatic carbocycles. The van der Waals surface area contributed by atoms with Crippen molar-refractivity contribution in [1.82, 2.24) is 5.32 Å². The van der Waals surface area contributed by atoms with Crippen LogP contribution >= 0.6 is 0 Å². The summed E-state index contributed by atoms with van der Waals surface area (Å²) in [5.41, 5.74) is 4.20. The molecule has 0 spiro atoms. The normalized spacial score (nSPS) is 16.2. The second-order valence-electron chi connectivity index (χ2n) is 6.59. The van der Waals surface area contributed by atoms with Gasteiger partial charge in [0.25, 0.3) is 0 Å². The number of ether oxygens (including phenoxy) is 1. The van der Waals surface area contributed by atoms with Crippen molar-refractivity contribution in [2.75, 3.05) is 0 Å². The lowest BCUT2D eigenvalue weighted by atomic mass is 9.87. The first-order valence-electron chi connectivity index (χ1n) is 9.01. The van der Waals surface area contributed by atoms with Gasteiger partial charge in [-0.15, -0.1) is 0 Å². The summed E-state index contributed by atoms with van der Waals surface area (Å²) in [6.45, 7) is 0.852. The molecule has 0 fully saturated rings. The Morgan fingerprint density at radius 2 is 1.64 bits per heavy atom. The van der Waals surface area contributed by atoms with Crippen LogP contribution in [0.15, 0.2) is 78.9 Å². The van der Waals surface area contributed by atoms with E-state index in [1.54, 1.807) is 0 Å². The van der Waals surface area contributed by atoms with Crippen LogP contribution in [0.1, 0.15) is 35.6 Å². The molecule has 0 heterocycles. The largest absolute Gasteiger partial charge is 0.457 e. The van der Waals surface area contributed by atoms with Gasteiger partial charge in [0.2, 0.25) is 0 Å². The standard InChI is InChI=1S/C23H23NO/c1-2-11-20(12-3-1)25-21-13-6-8-18(16-21)17-24-23-15-7-10-19-9-4-5-14-22(19)23/h1-6,8-9,11-14,16,23-24H,7,10,15,17H2. The average Bonchev–Trinajstić information content (AvgIpc) is 2.67. The summed E-state index contributed by atoms with van der Waals surface area (Å²) in [6, 6.07) is 27.5. The molecule has 4 rings (SSSR count). The minimum atomic E-state index is 0.448. The molecule has 25 heavy (non-hydrogen) atoms. The maximum absolute atomic E-state index is 5.94. The van der Waals surface area contributed by atoms with Crippen molar-refractivity contribution in [3.8, 4) is 11.5 Å². The highest BCUT2D eigenvalue weighted by atomic mass is 16.5. The first kappa shape index (κ1) is 15.9. The van der Waals surface area contributed by atoms with E-state index in [-0.39, 0.29) is 0 Å². The van der Waals surface area contributed by atoms with Gasteiger partial charge in [0.15, 0.2) is 0 Å². The fraction of sp³-hybridized carbons (Fsp3) is 0.217. The van der Waals surface area contributed by atoms with E-state index in [2.05, 4.69) is 47.8 Å². The predicted octanol–water partition coefficient (Wildman–Crippen LogP) is 5.65. The summed E-state index contributed by atoms with van der Waals surface area (Å²) in [4.78, 5) is 0. The van der Waals surface area contributed by atoms with E-state index in [1.807, 2.05) is 36.4 Å². The smallest absolute Gasteiger partial charge is 0.127 e. The van der Waals surface area contributed by atoms with Gasteiger partial charge in [0.1, 0.15) is 11.5 Å². The lowest BCUT2D eigenvalue weighted by Gasteiger charge is -2.26. The summed E-state index contributed by atoms with van der Waals surface area (Å²) < 4.78 is 5.94. The van der Waals surface area contributed by atoms with E-state index in [0.717, 1.165) is 18.0 Å². The number of nitrogens with one attached hydrogen (secondary N) is 1. The molecule has 1 atom stereocenters. The molecule has 0 bridgehead atoms. The highest BCUT2D eigenvalue weighted by Gasteiger charge is 2.18. The van der Waals surface area contributed by atoms with Crippen molar-refractivity contribution in [3.63, 3.8) is 0 Å². The van der Waals surface area contributed by atoms with Gasteiger partial charge in [-0.3, -0.25) is 0 Å². The minimum Gasteiger partial charge on any atom is -0.457 e. The number of rotatable bonds is 5. The van der Waals surface area contributed by atoms with Gasteiger partial charge in [-0.05, 0) is 60.2 Å². The van der Waals surface area contributed by atoms with E-state index in [0.29, 0.717) is 6.04 Å². The summed E-state index contributed by atoms with van der Waals surface area (Å²) >= 11 is 0. The first-order valence-corrected chi connectivity index (χ1v) is 9.01. The van der Waals surface area contributed by atoms with Crippen molar-refractivity contribution in [2.45, 2.75) is 31.8 Å². The molecule has 0 radical (unpaired) electrons. The molecule has 1 N–H and O–H groups in total. The van der Waals surface area contributed by atoms with Gasteiger partial charge in [0, 0.05) is 12.6 Å². The Bertz CT molecular complexity index is 828. The van der Waals surface area contributed by atoms with Crippen LogP contribution in [0.3, 0.4) is 0 Å². The van der Waals surface area contributed by atoms with Gasteiger partial charge in [0.05, 0.1) is 0 Å². The predicted molar refractivity (Wildman–Crippen MR) is 102 cm³/mol. The van der Waals surface area contributed by atoms with Crippen LogP contribution in [0.5, 0.6) is 11.5 Å². The summed E-state index contributed by atoms with van der Waals surface area (Å²) in [5, 5.41) is 3.73. The molecule has 0 aromatic heterocycles. The zero-order chi connectivity index (χ0) is 16.9. The van der Waals surface area contributed by atoms with Crippen LogP contribution in [-0.4, -0.2) is 0 Å². The van der Waals surface area contributed by atoms with Gasteiger partial charge in [-0.1, -0.05) is 54.6 Å². The average molecular weight is 329 g/mol. The van der Waals surface area contributed by atoms with Crippen molar-refractivity contribution in [3.05, 3.63) is 95.6 Å². The zero-order valence-electron chi connectivity index (χ0n) is 14.3. The summed E-state index contributed by atoms with van der Waals surface area (Å²) in [5.74, 6) is 1.75. The number of hydrogen-bond acceptors (Lipinski definition) is 2. The second-order valence-corrected chi connectivity index (χ2v) is 6.59. The van der Waals surface area contributed by atoms with Crippen molar-refractivity contribution in [1.29, 1.82) is 0 Å². The lowest BCUT2D eigenvalue weighted by molar-refractivity contribution is 0.456. The van der Waals surface area contributed by atoms with Crippen molar-refractivity contribution < 1.29 is 4.74 Å². The van der Waals surface area contributed by atoms with Crippen LogP contribution in [0.4, 0.5) is 0 Å². The Balaban J connectivity index is 1.43. The SMILES string of the molecule is c1ccc(Oc2cccc(CNC3CCCc4ccccc43)c2)cc1. The summed E-state index contributed by atoms with van der Waals surface area (Å²) in [6.07, 6.45) is 3.66. The second kappa shape index (κ2) is 7.54. The molecule has 0 saturated carbocycles. The quantitative estimate of drug-likeness (QED) is 0.653. The monoisotopic (exact) mass is 329 g/mol. The number of para-hydroxylation sites is 1. The Morgan fingerprint density at radius 3 is 2.56 bits per heavy atom. The van der Waals surface area contributed by atoms with Crippen molar-refractivity contribution >= 4 is 0 Å². The molecule has 1 unspecified atom stereocenters. The van der Waals surface area contributed by atoms with E-state index >= 15 is 0 Å². The maximum Gasteiger partial charge on any atom is 0.127 e. The first-order chi connectivity index (χ1) is 12.4. The van der Waals surface area contributed by atoms with Gasteiger partial charge in [-0.25, -0.2) is 0 Å². The molecular weight excluding hydrogens is 306 g/mol. The van der Waals surface area contributed by atoms with Gasteiger partial charge < -0.3 is 10.1 Å². The molecule has 126 valence electrons. The number of benzene rings is 3. The van der Waals surface area contributed by atoms with E-state index in [1.165, 1.54) is 36.0 Å². The van der Waals surface area contributed by atoms with E-state index in [4.69, 9.17) is 4.74 Å². The third-order valence-corrected chi connectivity index (χ3v) is 4.80. The number of fused-ring (bicyclic) bond motifs is 1. The Hall–Kier alpha value is -2.58. The highest BCUT2D eigenvalue weighted by Crippen LogP contribution is 2.30. The molecule has 0 saturated heterocycles. The Labute approximate surface area is 149 Å². The van der Waals surface area contributed by atoms with Crippen LogP contribution in [0, 0.1) is 0 Å². The van der Waals surface area contributed by atoms with Gasteiger partial charge in [-0.2, -0.15) is 0 Å². The van der Waals surface area contributed by atoms with Crippen molar-refractivity contribution in [2.24, 2.45) is 0 Å². The highest BCUT2D eigenvalue weighted by molar-refractivity contribution is 5.35. The molecule has 2 heteroatoms. The molecule has 1 aliphatic rings. The van der Waals surface area contributed by atoms with Crippen LogP contribution in [-0.2, 0) is 13.0 Å². The molecule has 2 nitrogen and oxygen atoms in total. The fourth-order valence-corrected chi connectivity index (χ4v) is 3.55. The Morgan fingerprint density at radius 1 is 0.840 bits per heavy atom. The maximum atomic E-state index is 5.94. The molecule has 3 aromatic carbocycles. The van der Waals surface area contributed by atoms with Gasteiger partial charge >= 0.3 is 0 Å². The van der Waals surface area contributed by atoms with E-state index < -0.39 is 0 Å². The zero-order valence-corrected chi connectivity index (χ0v) is 14.3. The number of hydrogen-bond donors (Lipinski definition) is 1. The Kier molecular flexibility index (Phi) is 4.80. The summed E-state index contributed by atoms with van der Waals surface area (Å²) in [7, 11) is 0. The van der Waals surface area contributed by atoms with Crippen LogP contribution < -0.4 is 10.1 Å². The third-order valence-electron chi connectivity index (χ3n) is 4.80. The molecule has 3 aromatic rings. The fourth-order valence-electron chi connectivity index (χ4n) is 3.55. The topological polar surface area (TPSA) is 21.3 Å². The van der Waals surface area contributed by atoms with Crippen LogP contribution in [0.2, 0.25) is 0 Å². The number of aryl methyl sites for hydroxylation is 1. The lowest BCUT2D eigenvalue weighted by Crippen LogP contribution is -2.24. The van der Waals surface area contributed by atoms with E-state index in [9.17, 15) is 0 Å². The minimum absolute atomic E-state index is 0.448.